The number of alkyl halides is 2. The van der Waals surface area contributed by atoms with Crippen LogP contribution in [0, 0.1) is 0 Å². The third-order valence-electron chi connectivity index (χ3n) is 2.64. The maximum atomic E-state index is 12.0. The summed E-state index contributed by atoms with van der Waals surface area (Å²) in [7, 11) is 0. The SMILES string of the molecule is O=C(Nc1ccc(OC(F)F)c(Cl)c1)C1CCCO1. The Bertz CT molecular complexity index is 464. The summed E-state index contributed by atoms with van der Waals surface area (Å²) in [6.45, 7) is -2.37. The lowest BCUT2D eigenvalue weighted by Gasteiger charge is -2.12. The summed E-state index contributed by atoms with van der Waals surface area (Å²) < 4.78 is 33.5. The summed E-state index contributed by atoms with van der Waals surface area (Å²) in [4.78, 5) is 11.8. The van der Waals surface area contributed by atoms with Crippen LogP contribution in [0.25, 0.3) is 0 Å². The monoisotopic (exact) mass is 291 g/mol. The highest BCUT2D eigenvalue weighted by Gasteiger charge is 2.23. The van der Waals surface area contributed by atoms with Gasteiger partial charge in [-0.15, -0.1) is 0 Å². The average molecular weight is 292 g/mol. The molecule has 0 aliphatic carbocycles. The molecule has 1 aromatic carbocycles. The summed E-state index contributed by atoms with van der Waals surface area (Å²) in [6, 6.07) is 4.07. The van der Waals surface area contributed by atoms with Crippen LogP contribution in [0.1, 0.15) is 12.8 Å². The molecule has 0 bridgehead atoms. The molecule has 4 nitrogen and oxygen atoms in total. The minimum absolute atomic E-state index is 0.00504. The Morgan fingerprint density at radius 2 is 2.32 bits per heavy atom. The Morgan fingerprint density at radius 3 is 2.89 bits per heavy atom. The zero-order chi connectivity index (χ0) is 13.8. The van der Waals surface area contributed by atoms with Gasteiger partial charge in [-0.05, 0) is 31.0 Å². The Morgan fingerprint density at radius 1 is 1.53 bits per heavy atom. The first kappa shape index (κ1) is 14.0. The van der Waals surface area contributed by atoms with E-state index in [1.807, 2.05) is 0 Å². The van der Waals surface area contributed by atoms with Crippen molar-refractivity contribution in [3.63, 3.8) is 0 Å². The third-order valence-corrected chi connectivity index (χ3v) is 2.93. The van der Waals surface area contributed by atoms with E-state index in [0.717, 1.165) is 6.42 Å². The van der Waals surface area contributed by atoms with E-state index in [4.69, 9.17) is 16.3 Å². The fourth-order valence-electron chi connectivity index (χ4n) is 1.78. The Hall–Kier alpha value is -1.40. The molecule has 1 aliphatic rings. The molecule has 0 saturated carbocycles. The smallest absolute Gasteiger partial charge is 0.387 e. The quantitative estimate of drug-likeness (QED) is 0.927. The highest BCUT2D eigenvalue weighted by atomic mass is 35.5. The minimum atomic E-state index is -2.94. The fraction of sp³-hybridized carbons (Fsp3) is 0.417. The molecule has 1 unspecified atom stereocenters. The number of amides is 1. The number of nitrogens with one attached hydrogen (secondary N) is 1. The molecular weight excluding hydrogens is 280 g/mol. The van der Waals surface area contributed by atoms with E-state index in [1.165, 1.54) is 18.2 Å². The van der Waals surface area contributed by atoms with Gasteiger partial charge in [0, 0.05) is 12.3 Å². The fourth-order valence-corrected chi connectivity index (χ4v) is 2.00. The van der Waals surface area contributed by atoms with Gasteiger partial charge in [0.25, 0.3) is 5.91 Å². The molecule has 0 aromatic heterocycles. The van der Waals surface area contributed by atoms with Crippen LogP contribution in [0.3, 0.4) is 0 Å². The average Bonchev–Trinajstić information content (AvgIpc) is 2.86. The number of carbonyl (C=O) groups excluding carboxylic acids is 1. The number of hydrogen-bond acceptors (Lipinski definition) is 3. The zero-order valence-corrected chi connectivity index (χ0v) is 10.6. The van der Waals surface area contributed by atoms with Gasteiger partial charge in [-0.1, -0.05) is 11.6 Å². The molecule has 1 atom stereocenters. The lowest BCUT2D eigenvalue weighted by Crippen LogP contribution is -2.26. The van der Waals surface area contributed by atoms with Crippen molar-refractivity contribution in [2.24, 2.45) is 0 Å². The molecule has 1 aromatic rings. The molecule has 1 amide bonds. The van der Waals surface area contributed by atoms with Crippen LogP contribution in [0.2, 0.25) is 5.02 Å². The molecule has 0 radical (unpaired) electrons. The van der Waals surface area contributed by atoms with Gasteiger partial charge in [-0.2, -0.15) is 8.78 Å². The zero-order valence-electron chi connectivity index (χ0n) is 9.87. The lowest BCUT2D eigenvalue weighted by molar-refractivity contribution is -0.124. The van der Waals surface area contributed by atoms with E-state index in [9.17, 15) is 13.6 Å². The summed E-state index contributed by atoms with van der Waals surface area (Å²) in [5, 5.41) is 2.62. The summed E-state index contributed by atoms with van der Waals surface area (Å²) in [6.07, 6.45) is 1.06. The molecule has 19 heavy (non-hydrogen) atoms. The maximum Gasteiger partial charge on any atom is 0.387 e. The first-order valence-corrected chi connectivity index (χ1v) is 6.11. The van der Waals surface area contributed by atoms with Gasteiger partial charge in [0.15, 0.2) is 0 Å². The van der Waals surface area contributed by atoms with Gasteiger partial charge in [0.2, 0.25) is 0 Å². The van der Waals surface area contributed by atoms with E-state index >= 15 is 0 Å². The summed E-state index contributed by atoms with van der Waals surface area (Å²) in [5.74, 6) is -0.400. The number of hydrogen-bond donors (Lipinski definition) is 1. The molecule has 7 heteroatoms. The van der Waals surface area contributed by atoms with Crippen molar-refractivity contribution in [1.82, 2.24) is 0 Å². The molecule has 1 aliphatic heterocycles. The van der Waals surface area contributed by atoms with Gasteiger partial charge < -0.3 is 14.8 Å². The van der Waals surface area contributed by atoms with Crippen LogP contribution in [-0.2, 0) is 9.53 Å². The standard InChI is InChI=1S/C12H12ClF2NO3/c13-8-6-7(3-4-9(8)19-12(14)15)16-11(17)10-2-1-5-18-10/h3-4,6,10,12H,1-2,5H2,(H,16,17). The van der Waals surface area contributed by atoms with Crippen molar-refractivity contribution in [3.05, 3.63) is 23.2 Å². The second-order valence-corrected chi connectivity index (χ2v) is 4.42. The third kappa shape index (κ3) is 3.78. The minimum Gasteiger partial charge on any atom is -0.433 e. The van der Waals surface area contributed by atoms with E-state index in [1.54, 1.807) is 0 Å². The molecule has 104 valence electrons. The molecule has 2 rings (SSSR count). The molecule has 1 saturated heterocycles. The van der Waals surface area contributed by atoms with Crippen LogP contribution in [-0.4, -0.2) is 25.2 Å². The van der Waals surface area contributed by atoms with Crippen molar-refractivity contribution in [1.29, 1.82) is 0 Å². The normalized spacial score (nSPS) is 18.6. The second kappa shape index (κ2) is 6.16. The van der Waals surface area contributed by atoms with Crippen LogP contribution >= 0.6 is 11.6 Å². The second-order valence-electron chi connectivity index (χ2n) is 4.01. The number of benzene rings is 1. The van der Waals surface area contributed by atoms with Gasteiger partial charge in [-0.3, -0.25) is 4.79 Å². The summed E-state index contributed by atoms with van der Waals surface area (Å²) >= 11 is 5.78. The highest BCUT2D eigenvalue weighted by Crippen LogP contribution is 2.29. The van der Waals surface area contributed by atoms with E-state index in [0.29, 0.717) is 18.7 Å². The predicted molar refractivity (Wildman–Crippen MR) is 65.7 cm³/mol. The number of anilines is 1. The van der Waals surface area contributed by atoms with Gasteiger partial charge in [0.05, 0.1) is 5.02 Å². The van der Waals surface area contributed by atoms with Crippen LogP contribution < -0.4 is 10.1 Å². The van der Waals surface area contributed by atoms with Crippen LogP contribution in [0.4, 0.5) is 14.5 Å². The van der Waals surface area contributed by atoms with Gasteiger partial charge in [0.1, 0.15) is 11.9 Å². The van der Waals surface area contributed by atoms with Crippen LogP contribution in [0.15, 0.2) is 18.2 Å². The van der Waals surface area contributed by atoms with Gasteiger partial charge in [-0.25, -0.2) is 0 Å². The van der Waals surface area contributed by atoms with Crippen molar-refractivity contribution < 1.29 is 23.0 Å². The van der Waals surface area contributed by atoms with Crippen LogP contribution in [0.5, 0.6) is 5.75 Å². The molecule has 1 heterocycles. The largest absolute Gasteiger partial charge is 0.433 e. The Balaban J connectivity index is 2.01. The Labute approximate surface area is 113 Å². The Kier molecular flexibility index (Phi) is 4.55. The van der Waals surface area contributed by atoms with E-state index in [-0.39, 0.29) is 16.7 Å². The van der Waals surface area contributed by atoms with Crippen molar-refractivity contribution in [3.8, 4) is 5.75 Å². The van der Waals surface area contributed by atoms with Crippen molar-refractivity contribution in [2.45, 2.75) is 25.6 Å². The first-order valence-electron chi connectivity index (χ1n) is 5.73. The molecular formula is C12H12ClF2NO3. The maximum absolute atomic E-state index is 12.0. The summed E-state index contributed by atoms with van der Waals surface area (Å²) in [5.41, 5.74) is 0.409. The lowest BCUT2D eigenvalue weighted by atomic mass is 10.2. The predicted octanol–water partition coefficient (Wildman–Crippen LogP) is 3.06. The number of ether oxygens (including phenoxy) is 2. The highest BCUT2D eigenvalue weighted by molar-refractivity contribution is 6.32. The molecule has 1 N–H and O–H groups in total. The number of carbonyl (C=O) groups is 1. The molecule has 0 spiro atoms. The van der Waals surface area contributed by atoms with E-state index < -0.39 is 12.7 Å². The van der Waals surface area contributed by atoms with Crippen molar-refractivity contribution in [2.75, 3.05) is 11.9 Å². The van der Waals surface area contributed by atoms with Crippen molar-refractivity contribution >= 4 is 23.2 Å². The van der Waals surface area contributed by atoms with E-state index in [2.05, 4.69) is 10.1 Å². The number of halogens is 3. The topological polar surface area (TPSA) is 47.6 Å². The number of rotatable bonds is 4. The van der Waals surface area contributed by atoms with Gasteiger partial charge >= 0.3 is 6.61 Å². The molecule has 1 fully saturated rings. The first-order chi connectivity index (χ1) is 9.06.